The first-order chi connectivity index (χ1) is 6.52. The van der Waals surface area contributed by atoms with E-state index in [9.17, 15) is 14.3 Å². The van der Waals surface area contributed by atoms with Crippen molar-refractivity contribution in [3.63, 3.8) is 0 Å². The third-order valence-corrected chi connectivity index (χ3v) is 3.37. The van der Waals surface area contributed by atoms with Crippen molar-refractivity contribution in [2.45, 2.75) is 6.42 Å². The van der Waals surface area contributed by atoms with Gasteiger partial charge in [-0.05, 0) is 6.42 Å². The fourth-order valence-corrected chi connectivity index (χ4v) is 1.94. The van der Waals surface area contributed by atoms with Crippen LogP contribution in [0.4, 0.5) is 0 Å². The Labute approximate surface area is 83.7 Å². The Morgan fingerprint density at radius 1 is 1.43 bits per heavy atom. The molecule has 0 fully saturated rings. The largest absolute Gasteiger partial charge is 0.462 e. The van der Waals surface area contributed by atoms with Gasteiger partial charge >= 0.3 is 5.97 Å². The summed E-state index contributed by atoms with van der Waals surface area (Å²) in [6, 6.07) is 0. The van der Waals surface area contributed by atoms with Gasteiger partial charge in [0.05, 0.1) is 6.16 Å². The number of allylic oxidation sites excluding steroid dienone is 1. The van der Waals surface area contributed by atoms with Crippen LogP contribution in [0.2, 0.25) is 0 Å². The average molecular weight is 218 g/mol. The van der Waals surface area contributed by atoms with Crippen LogP contribution in [0.15, 0.2) is 25.3 Å². The Kier molecular flexibility index (Phi) is 6.17. The first-order valence-corrected chi connectivity index (χ1v) is 6.26. The quantitative estimate of drug-likeness (QED) is 0.305. The van der Waals surface area contributed by atoms with Gasteiger partial charge < -0.3 is 9.63 Å². The van der Waals surface area contributed by atoms with Gasteiger partial charge in [-0.15, -0.1) is 6.58 Å². The molecule has 0 aliphatic carbocycles. The lowest BCUT2D eigenvalue weighted by Gasteiger charge is -2.09. The Morgan fingerprint density at radius 2 is 2.07 bits per heavy atom. The van der Waals surface area contributed by atoms with Crippen LogP contribution in [0.25, 0.3) is 0 Å². The molecule has 0 aromatic heterocycles. The van der Waals surface area contributed by atoms with Crippen LogP contribution in [0.3, 0.4) is 0 Å². The molecular formula is C9H15O4P. The molecule has 1 unspecified atom stereocenters. The molecule has 0 amide bonds. The molecule has 4 nitrogen and oxygen atoms in total. The second-order valence-corrected chi connectivity index (χ2v) is 5.33. The summed E-state index contributed by atoms with van der Waals surface area (Å²) in [5, 5.41) is 0. The molecule has 5 heteroatoms. The zero-order valence-corrected chi connectivity index (χ0v) is 8.91. The highest BCUT2D eigenvalue weighted by atomic mass is 31.2. The van der Waals surface area contributed by atoms with Crippen LogP contribution in [0, 0.1) is 0 Å². The zero-order chi connectivity index (χ0) is 11.0. The van der Waals surface area contributed by atoms with Crippen molar-refractivity contribution in [2.24, 2.45) is 0 Å². The number of hydrogen-bond acceptors (Lipinski definition) is 3. The van der Waals surface area contributed by atoms with E-state index in [2.05, 4.69) is 17.9 Å². The Balaban J connectivity index is 3.75. The van der Waals surface area contributed by atoms with Crippen molar-refractivity contribution in [3.8, 4) is 0 Å². The SMILES string of the molecule is C=CCCP(=O)(O)CCOC(=O)C=C. The Morgan fingerprint density at radius 3 is 2.57 bits per heavy atom. The van der Waals surface area contributed by atoms with Crippen LogP contribution in [-0.2, 0) is 14.1 Å². The highest BCUT2D eigenvalue weighted by Gasteiger charge is 2.17. The molecule has 0 rings (SSSR count). The molecule has 0 aromatic carbocycles. The van der Waals surface area contributed by atoms with Crippen LogP contribution < -0.4 is 0 Å². The maximum Gasteiger partial charge on any atom is 0.330 e. The monoisotopic (exact) mass is 218 g/mol. The number of ether oxygens (including phenoxy) is 1. The molecule has 0 aromatic rings. The average Bonchev–Trinajstić information content (AvgIpc) is 2.14. The fraction of sp³-hybridized carbons (Fsp3) is 0.444. The summed E-state index contributed by atoms with van der Waals surface area (Å²) >= 11 is 0. The minimum atomic E-state index is -3.16. The molecule has 0 radical (unpaired) electrons. The molecule has 0 bridgehead atoms. The zero-order valence-electron chi connectivity index (χ0n) is 8.02. The molecule has 14 heavy (non-hydrogen) atoms. The lowest BCUT2D eigenvalue weighted by atomic mass is 10.5. The first kappa shape index (κ1) is 13.1. The van der Waals surface area contributed by atoms with E-state index in [-0.39, 0.29) is 18.9 Å². The van der Waals surface area contributed by atoms with Crippen molar-refractivity contribution < 1.29 is 19.0 Å². The van der Waals surface area contributed by atoms with Crippen molar-refractivity contribution in [1.29, 1.82) is 0 Å². The van der Waals surface area contributed by atoms with Crippen LogP contribution in [-0.4, -0.2) is 29.8 Å². The van der Waals surface area contributed by atoms with Gasteiger partial charge in [-0.2, -0.15) is 0 Å². The topological polar surface area (TPSA) is 63.6 Å². The van der Waals surface area contributed by atoms with E-state index in [1.165, 1.54) is 0 Å². The van der Waals surface area contributed by atoms with Crippen molar-refractivity contribution in [1.82, 2.24) is 0 Å². The number of esters is 1. The summed E-state index contributed by atoms with van der Waals surface area (Å²) in [5.41, 5.74) is 0. The molecule has 0 spiro atoms. The number of carbonyl (C=O) groups is 1. The third kappa shape index (κ3) is 6.63. The van der Waals surface area contributed by atoms with E-state index in [0.717, 1.165) is 6.08 Å². The summed E-state index contributed by atoms with van der Waals surface area (Å²) in [5.74, 6) is -0.575. The smallest absolute Gasteiger partial charge is 0.330 e. The lowest BCUT2D eigenvalue weighted by Crippen LogP contribution is -2.07. The highest BCUT2D eigenvalue weighted by molar-refractivity contribution is 7.58. The molecule has 0 aliphatic heterocycles. The fourth-order valence-electron chi connectivity index (χ4n) is 0.753. The molecule has 1 N–H and O–H groups in total. The summed E-state index contributed by atoms with van der Waals surface area (Å²) in [6.45, 7) is 6.61. The minimum absolute atomic E-state index is 0.0135. The lowest BCUT2D eigenvalue weighted by molar-refractivity contribution is -0.137. The number of hydrogen-bond donors (Lipinski definition) is 1. The van der Waals surface area contributed by atoms with Gasteiger partial charge in [0.15, 0.2) is 0 Å². The van der Waals surface area contributed by atoms with E-state index < -0.39 is 13.3 Å². The minimum Gasteiger partial charge on any atom is -0.462 e. The van der Waals surface area contributed by atoms with Gasteiger partial charge in [0.2, 0.25) is 7.37 Å². The maximum atomic E-state index is 11.3. The molecule has 0 aliphatic rings. The van der Waals surface area contributed by atoms with Gasteiger partial charge in [0.25, 0.3) is 0 Å². The van der Waals surface area contributed by atoms with Crippen LogP contribution in [0.5, 0.6) is 0 Å². The van der Waals surface area contributed by atoms with Crippen molar-refractivity contribution >= 4 is 13.3 Å². The summed E-state index contributed by atoms with van der Waals surface area (Å²) in [4.78, 5) is 19.9. The summed E-state index contributed by atoms with van der Waals surface area (Å²) < 4.78 is 15.9. The number of carbonyl (C=O) groups excluding carboxylic acids is 1. The molecule has 0 saturated heterocycles. The van der Waals surface area contributed by atoms with E-state index in [0.29, 0.717) is 6.42 Å². The van der Waals surface area contributed by atoms with Gasteiger partial charge in [-0.1, -0.05) is 12.7 Å². The standard InChI is InChI=1S/C9H15O4P/c1-3-5-7-14(11,12)8-6-13-9(10)4-2/h3-4H,1-2,5-8H2,(H,11,12). The Hall–Kier alpha value is -0.860. The van der Waals surface area contributed by atoms with Gasteiger partial charge in [0, 0.05) is 12.2 Å². The van der Waals surface area contributed by atoms with E-state index >= 15 is 0 Å². The van der Waals surface area contributed by atoms with E-state index in [1.54, 1.807) is 6.08 Å². The summed E-state index contributed by atoms with van der Waals surface area (Å²) in [6.07, 6.45) is 3.26. The highest BCUT2D eigenvalue weighted by Crippen LogP contribution is 2.40. The maximum absolute atomic E-state index is 11.3. The normalized spacial score (nSPS) is 14.1. The third-order valence-electron chi connectivity index (χ3n) is 1.53. The Bertz CT molecular complexity index is 260. The molecule has 1 atom stereocenters. The van der Waals surface area contributed by atoms with Gasteiger partial charge in [-0.3, -0.25) is 4.57 Å². The second kappa shape index (κ2) is 6.57. The van der Waals surface area contributed by atoms with E-state index in [4.69, 9.17) is 0 Å². The molecule has 0 heterocycles. The second-order valence-electron chi connectivity index (χ2n) is 2.74. The van der Waals surface area contributed by atoms with Crippen LogP contribution in [0.1, 0.15) is 6.42 Å². The molecule has 80 valence electrons. The summed E-state index contributed by atoms with van der Waals surface area (Å²) in [7, 11) is -3.16. The van der Waals surface area contributed by atoms with Gasteiger partial charge in [-0.25, -0.2) is 4.79 Å². The van der Waals surface area contributed by atoms with Crippen molar-refractivity contribution in [2.75, 3.05) is 18.9 Å². The predicted molar refractivity (Wildman–Crippen MR) is 55.5 cm³/mol. The first-order valence-electron chi connectivity index (χ1n) is 4.23. The van der Waals surface area contributed by atoms with Gasteiger partial charge in [0.1, 0.15) is 6.61 Å². The molecular weight excluding hydrogens is 203 g/mol. The number of rotatable bonds is 7. The van der Waals surface area contributed by atoms with Crippen molar-refractivity contribution in [3.05, 3.63) is 25.3 Å². The van der Waals surface area contributed by atoms with Crippen LogP contribution >= 0.6 is 7.37 Å². The molecule has 0 saturated carbocycles. The van der Waals surface area contributed by atoms with E-state index in [1.807, 2.05) is 0 Å². The predicted octanol–water partition coefficient (Wildman–Crippen LogP) is 1.56.